The number of hydrogen-bond acceptors (Lipinski definition) is 4. The Kier molecular flexibility index (Phi) is 5.39. The molecule has 1 saturated heterocycles. The molecular formula is C15H21IN2O4S. The Morgan fingerprint density at radius 1 is 1.35 bits per heavy atom. The number of carbonyl (C=O) groups is 1. The fourth-order valence-corrected chi connectivity index (χ4v) is 3.91. The van der Waals surface area contributed by atoms with Crippen LogP contribution in [-0.4, -0.2) is 62.9 Å². The predicted molar refractivity (Wildman–Crippen MR) is 96.0 cm³/mol. The summed E-state index contributed by atoms with van der Waals surface area (Å²) in [7, 11) is -0.630. The van der Waals surface area contributed by atoms with E-state index in [1.54, 1.807) is 11.0 Å². The molecule has 0 radical (unpaired) electrons. The smallest absolute Gasteiger partial charge is 0.255 e. The Balaban J connectivity index is 2.45. The lowest BCUT2D eigenvalue weighted by molar-refractivity contribution is -0.0371. The summed E-state index contributed by atoms with van der Waals surface area (Å²) < 4.78 is 31.9. The molecule has 128 valence electrons. The average Bonchev–Trinajstić information content (AvgIpc) is 2.46. The number of rotatable bonds is 3. The SMILES string of the molecule is CN(C)S(=O)(=O)c1ccc(I)c(C(=O)N2CCOCC2(C)C)c1. The van der Waals surface area contributed by atoms with Crippen molar-refractivity contribution in [3.63, 3.8) is 0 Å². The maximum Gasteiger partial charge on any atom is 0.255 e. The van der Waals surface area contributed by atoms with Gasteiger partial charge in [-0.2, -0.15) is 0 Å². The highest BCUT2D eigenvalue weighted by atomic mass is 127. The third-order valence-electron chi connectivity index (χ3n) is 3.84. The second-order valence-electron chi connectivity index (χ2n) is 6.25. The van der Waals surface area contributed by atoms with Crippen LogP contribution < -0.4 is 0 Å². The van der Waals surface area contributed by atoms with Gasteiger partial charge in [-0.1, -0.05) is 0 Å². The molecule has 23 heavy (non-hydrogen) atoms. The lowest BCUT2D eigenvalue weighted by Crippen LogP contribution is -2.55. The summed E-state index contributed by atoms with van der Waals surface area (Å²) in [5.41, 5.74) is -0.0158. The number of benzene rings is 1. The van der Waals surface area contributed by atoms with E-state index in [9.17, 15) is 13.2 Å². The van der Waals surface area contributed by atoms with Crippen LogP contribution in [0.2, 0.25) is 0 Å². The third kappa shape index (κ3) is 3.70. The maximum absolute atomic E-state index is 12.9. The van der Waals surface area contributed by atoms with E-state index in [-0.39, 0.29) is 10.8 Å². The van der Waals surface area contributed by atoms with Gasteiger partial charge < -0.3 is 9.64 Å². The van der Waals surface area contributed by atoms with Gasteiger partial charge in [0.15, 0.2) is 0 Å². The van der Waals surface area contributed by atoms with E-state index in [2.05, 4.69) is 22.6 Å². The first-order valence-electron chi connectivity index (χ1n) is 7.19. The molecule has 1 aliphatic heterocycles. The van der Waals surface area contributed by atoms with Crippen LogP contribution in [0.5, 0.6) is 0 Å². The second kappa shape index (κ2) is 6.66. The largest absolute Gasteiger partial charge is 0.377 e. The molecule has 6 nitrogen and oxygen atoms in total. The number of amides is 1. The van der Waals surface area contributed by atoms with Crippen LogP contribution in [0.25, 0.3) is 0 Å². The Morgan fingerprint density at radius 2 is 2.00 bits per heavy atom. The van der Waals surface area contributed by atoms with Gasteiger partial charge in [0, 0.05) is 24.2 Å². The topological polar surface area (TPSA) is 66.9 Å². The van der Waals surface area contributed by atoms with Gasteiger partial charge in [-0.25, -0.2) is 12.7 Å². The van der Waals surface area contributed by atoms with Gasteiger partial charge in [-0.05, 0) is 54.6 Å². The first kappa shape index (κ1) is 18.6. The molecule has 2 rings (SSSR count). The summed E-state index contributed by atoms with van der Waals surface area (Å²) in [5, 5.41) is 0. The normalized spacial score (nSPS) is 18.3. The fraction of sp³-hybridized carbons (Fsp3) is 0.533. The number of morpholine rings is 1. The van der Waals surface area contributed by atoms with Crippen molar-refractivity contribution in [3.05, 3.63) is 27.3 Å². The molecule has 0 atom stereocenters. The summed E-state index contributed by atoms with van der Waals surface area (Å²) >= 11 is 2.06. The average molecular weight is 452 g/mol. The van der Waals surface area contributed by atoms with Gasteiger partial charge in [0.25, 0.3) is 5.91 Å². The van der Waals surface area contributed by atoms with Crippen molar-refractivity contribution in [2.75, 3.05) is 33.9 Å². The van der Waals surface area contributed by atoms with Crippen molar-refractivity contribution in [2.24, 2.45) is 0 Å². The van der Waals surface area contributed by atoms with Crippen LogP contribution in [-0.2, 0) is 14.8 Å². The minimum absolute atomic E-state index is 0.123. The molecule has 0 aromatic heterocycles. The molecule has 1 aliphatic rings. The highest BCUT2D eigenvalue weighted by Gasteiger charge is 2.35. The number of hydrogen-bond donors (Lipinski definition) is 0. The second-order valence-corrected chi connectivity index (χ2v) is 9.56. The monoisotopic (exact) mass is 452 g/mol. The van der Waals surface area contributed by atoms with Crippen molar-refractivity contribution in [3.8, 4) is 0 Å². The molecule has 0 unspecified atom stereocenters. The molecule has 1 amide bonds. The Hall–Kier alpha value is -0.710. The molecule has 1 aromatic carbocycles. The zero-order valence-corrected chi connectivity index (χ0v) is 16.6. The lowest BCUT2D eigenvalue weighted by Gasteiger charge is -2.42. The van der Waals surface area contributed by atoms with Gasteiger partial charge in [-0.3, -0.25) is 4.79 Å². The summed E-state index contributed by atoms with van der Waals surface area (Å²) in [6, 6.07) is 4.65. The molecule has 8 heteroatoms. The van der Waals surface area contributed by atoms with Crippen LogP contribution in [0.1, 0.15) is 24.2 Å². The van der Waals surface area contributed by atoms with Crippen molar-refractivity contribution in [1.82, 2.24) is 9.21 Å². The van der Waals surface area contributed by atoms with Crippen LogP contribution in [0.4, 0.5) is 0 Å². The first-order chi connectivity index (χ1) is 10.6. The van der Waals surface area contributed by atoms with E-state index in [1.807, 2.05) is 13.8 Å². The highest BCUT2D eigenvalue weighted by Crippen LogP contribution is 2.26. The van der Waals surface area contributed by atoms with Gasteiger partial charge in [0.1, 0.15) is 0 Å². The van der Waals surface area contributed by atoms with Gasteiger partial charge >= 0.3 is 0 Å². The summed E-state index contributed by atoms with van der Waals surface area (Å²) in [4.78, 5) is 14.8. The first-order valence-corrected chi connectivity index (χ1v) is 9.71. The predicted octanol–water partition coefficient (Wildman–Crippen LogP) is 1.79. The highest BCUT2D eigenvalue weighted by molar-refractivity contribution is 14.1. The number of ether oxygens (including phenoxy) is 1. The van der Waals surface area contributed by atoms with Crippen molar-refractivity contribution >= 4 is 38.5 Å². The van der Waals surface area contributed by atoms with Crippen molar-refractivity contribution < 1.29 is 17.9 Å². The Bertz CT molecular complexity index is 716. The molecule has 0 aliphatic carbocycles. The van der Waals surface area contributed by atoms with Crippen LogP contribution in [0.3, 0.4) is 0 Å². The zero-order chi connectivity index (χ0) is 17.4. The number of carbonyl (C=O) groups excluding carboxylic acids is 1. The lowest BCUT2D eigenvalue weighted by atomic mass is 10.0. The third-order valence-corrected chi connectivity index (χ3v) is 6.59. The molecular weight excluding hydrogens is 431 g/mol. The number of nitrogens with zero attached hydrogens (tertiary/aromatic N) is 2. The van der Waals surface area contributed by atoms with E-state index in [0.29, 0.717) is 25.3 Å². The van der Waals surface area contributed by atoms with Crippen LogP contribution in [0.15, 0.2) is 23.1 Å². The quantitative estimate of drug-likeness (QED) is 0.657. The summed E-state index contributed by atoms with van der Waals surface area (Å²) in [5.74, 6) is -0.168. The Labute approximate surface area is 151 Å². The summed E-state index contributed by atoms with van der Waals surface area (Å²) in [6.07, 6.45) is 0. The Morgan fingerprint density at radius 3 is 2.57 bits per heavy atom. The van der Waals surface area contributed by atoms with Crippen LogP contribution >= 0.6 is 22.6 Å². The van der Waals surface area contributed by atoms with E-state index < -0.39 is 15.6 Å². The van der Waals surface area contributed by atoms with Crippen molar-refractivity contribution in [2.45, 2.75) is 24.3 Å². The van der Waals surface area contributed by atoms with Gasteiger partial charge in [0.2, 0.25) is 10.0 Å². The minimum atomic E-state index is -3.57. The molecule has 0 spiro atoms. The summed E-state index contributed by atoms with van der Waals surface area (Å²) in [6.45, 7) is 5.33. The van der Waals surface area contributed by atoms with E-state index >= 15 is 0 Å². The van der Waals surface area contributed by atoms with E-state index in [4.69, 9.17) is 4.74 Å². The molecule has 0 bridgehead atoms. The van der Waals surface area contributed by atoms with Crippen molar-refractivity contribution in [1.29, 1.82) is 0 Å². The van der Waals surface area contributed by atoms with E-state index in [0.717, 1.165) is 7.88 Å². The minimum Gasteiger partial charge on any atom is -0.377 e. The molecule has 0 saturated carbocycles. The molecule has 1 aromatic rings. The van der Waals surface area contributed by atoms with E-state index in [1.165, 1.54) is 26.2 Å². The number of sulfonamides is 1. The fourth-order valence-electron chi connectivity index (χ4n) is 2.42. The zero-order valence-electron chi connectivity index (χ0n) is 13.7. The standard InChI is InChI=1S/C15H21IN2O4S/c1-15(2)10-22-8-7-18(15)14(19)12-9-11(5-6-13(12)16)23(20,21)17(3)4/h5-6,9H,7-8,10H2,1-4H3. The molecule has 1 fully saturated rings. The molecule has 1 heterocycles. The number of halogens is 1. The maximum atomic E-state index is 12.9. The molecule has 0 N–H and O–H groups in total. The van der Waals surface area contributed by atoms with Gasteiger partial charge in [0.05, 0.1) is 29.2 Å². The van der Waals surface area contributed by atoms with Gasteiger partial charge in [-0.15, -0.1) is 0 Å². The van der Waals surface area contributed by atoms with Crippen LogP contribution in [0, 0.1) is 3.57 Å².